The molecule has 0 saturated carbocycles. The maximum atomic E-state index is 12.4. The summed E-state index contributed by atoms with van der Waals surface area (Å²) in [7, 11) is 0. The number of pyridine rings is 1. The van der Waals surface area contributed by atoms with Gasteiger partial charge in [-0.3, -0.25) is 14.4 Å². The van der Waals surface area contributed by atoms with Crippen LogP contribution in [-0.2, 0) is 9.53 Å². The molecule has 0 unspecified atom stereocenters. The molecule has 1 saturated heterocycles. The Hall–Kier alpha value is -2.67. The van der Waals surface area contributed by atoms with E-state index in [1.165, 1.54) is 6.20 Å². The first-order valence-corrected chi connectivity index (χ1v) is 8.27. The van der Waals surface area contributed by atoms with Gasteiger partial charge in [-0.05, 0) is 26.0 Å². The van der Waals surface area contributed by atoms with Crippen molar-refractivity contribution in [2.45, 2.75) is 26.1 Å². The van der Waals surface area contributed by atoms with Crippen molar-refractivity contribution < 1.29 is 14.3 Å². The van der Waals surface area contributed by atoms with Crippen molar-refractivity contribution in [1.82, 2.24) is 15.2 Å². The average molecular weight is 343 g/mol. The van der Waals surface area contributed by atoms with Crippen LogP contribution in [0.2, 0.25) is 0 Å². The van der Waals surface area contributed by atoms with E-state index >= 15 is 0 Å². The molecule has 0 radical (unpaired) electrons. The lowest BCUT2D eigenvalue weighted by Crippen LogP contribution is -2.51. The van der Waals surface area contributed by atoms with Crippen LogP contribution < -0.4 is 10.7 Å². The zero-order valence-electron chi connectivity index (χ0n) is 14.2. The number of hydrogen-bond donors (Lipinski definition) is 2. The second-order valence-corrected chi connectivity index (χ2v) is 6.32. The number of morpholine rings is 1. The summed E-state index contributed by atoms with van der Waals surface area (Å²) in [6, 6.07) is 6.97. The number of para-hydroxylation sites is 1. The van der Waals surface area contributed by atoms with E-state index in [1.54, 1.807) is 29.2 Å². The molecular formula is C18H21N3O4. The summed E-state index contributed by atoms with van der Waals surface area (Å²) in [4.78, 5) is 41.6. The summed E-state index contributed by atoms with van der Waals surface area (Å²) < 4.78 is 5.59. The largest absolute Gasteiger partial charge is 0.372 e. The Balaban J connectivity index is 1.68. The third-order valence-corrected chi connectivity index (χ3v) is 4.21. The predicted octanol–water partition coefficient (Wildman–Crippen LogP) is 0.894. The van der Waals surface area contributed by atoms with E-state index < -0.39 is 5.91 Å². The smallest absolute Gasteiger partial charge is 0.257 e. The van der Waals surface area contributed by atoms with Gasteiger partial charge < -0.3 is 19.9 Å². The number of carbonyl (C=O) groups is 2. The number of nitrogens with one attached hydrogen (secondary N) is 2. The van der Waals surface area contributed by atoms with E-state index in [4.69, 9.17) is 4.74 Å². The van der Waals surface area contributed by atoms with Gasteiger partial charge in [0.05, 0.1) is 18.8 Å². The topological polar surface area (TPSA) is 91.5 Å². The number of benzene rings is 1. The van der Waals surface area contributed by atoms with Gasteiger partial charge in [-0.15, -0.1) is 0 Å². The van der Waals surface area contributed by atoms with Gasteiger partial charge in [0.1, 0.15) is 5.56 Å². The summed E-state index contributed by atoms with van der Waals surface area (Å²) in [6.07, 6.45) is 1.31. The van der Waals surface area contributed by atoms with Crippen molar-refractivity contribution in [3.63, 3.8) is 0 Å². The minimum atomic E-state index is -0.560. The minimum absolute atomic E-state index is 0.00443. The zero-order valence-corrected chi connectivity index (χ0v) is 14.2. The third kappa shape index (κ3) is 3.71. The third-order valence-electron chi connectivity index (χ3n) is 4.21. The first-order chi connectivity index (χ1) is 12.0. The molecule has 2 atom stereocenters. The van der Waals surface area contributed by atoms with Gasteiger partial charge in [-0.25, -0.2) is 0 Å². The number of aromatic amines is 1. The summed E-state index contributed by atoms with van der Waals surface area (Å²) in [5.41, 5.74) is 0.305. The quantitative estimate of drug-likeness (QED) is 0.866. The molecule has 3 rings (SSSR count). The molecular weight excluding hydrogens is 322 g/mol. The monoisotopic (exact) mass is 343 g/mol. The van der Waals surface area contributed by atoms with E-state index in [0.29, 0.717) is 24.0 Å². The highest BCUT2D eigenvalue weighted by Crippen LogP contribution is 2.10. The van der Waals surface area contributed by atoms with Gasteiger partial charge in [-0.2, -0.15) is 0 Å². The van der Waals surface area contributed by atoms with Crippen LogP contribution in [0.5, 0.6) is 0 Å². The van der Waals surface area contributed by atoms with Crippen LogP contribution in [0.1, 0.15) is 24.2 Å². The number of carbonyl (C=O) groups excluding carboxylic acids is 2. The van der Waals surface area contributed by atoms with E-state index in [1.807, 2.05) is 13.8 Å². The van der Waals surface area contributed by atoms with Crippen LogP contribution >= 0.6 is 0 Å². The first-order valence-electron chi connectivity index (χ1n) is 8.27. The molecule has 7 nitrogen and oxygen atoms in total. The molecule has 1 fully saturated rings. The molecule has 1 aromatic heterocycles. The van der Waals surface area contributed by atoms with Crippen molar-refractivity contribution >= 4 is 22.7 Å². The van der Waals surface area contributed by atoms with Crippen LogP contribution in [-0.4, -0.2) is 53.5 Å². The number of hydrogen-bond acceptors (Lipinski definition) is 4. The normalized spacial score (nSPS) is 20.5. The van der Waals surface area contributed by atoms with E-state index in [-0.39, 0.29) is 35.7 Å². The lowest BCUT2D eigenvalue weighted by atomic mass is 10.1. The van der Waals surface area contributed by atoms with Gasteiger partial charge in [0.2, 0.25) is 11.3 Å². The lowest BCUT2D eigenvalue weighted by molar-refractivity contribution is -0.142. The number of aromatic nitrogens is 1. The maximum Gasteiger partial charge on any atom is 0.257 e. The van der Waals surface area contributed by atoms with Crippen molar-refractivity contribution in [2.75, 3.05) is 19.6 Å². The fourth-order valence-corrected chi connectivity index (χ4v) is 3.08. The van der Waals surface area contributed by atoms with Crippen LogP contribution in [0.15, 0.2) is 35.3 Å². The Morgan fingerprint density at radius 2 is 1.92 bits per heavy atom. The highest BCUT2D eigenvalue weighted by molar-refractivity contribution is 5.98. The molecule has 25 heavy (non-hydrogen) atoms. The number of ether oxygens (including phenoxy) is 1. The number of amides is 2. The molecule has 0 aliphatic carbocycles. The summed E-state index contributed by atoms with van der Waals surface area (Å²) in [6.45, 7) is 4.65. The van der Waals surface area contributed by atoms with Crippen LogP contribution in [0.3, 0.4) is 0 Å². The first kappa shape index (κ1) is 17.2. The van der Waals surface area contributed by atoms with Crippen LogP contribution in [0, 0.1) is 0 Å². The Bertz CT molecular complexity index is 851. The molecule has 1 aliphatic rings. The summed E-state index contributed by atoms with van der Waals surface area (Å²) >= 11 is 0. The standard InChI is InChI=1S/C18H21N3O4/c1-11-9-21(10-12(2)25-11)16(22)8-20-18(24)14-7-19-15-6-4-3-5-13(15)17(14)23/h3-7,11-12H,8-10H2,1-2H3,(H,19,23)(H,20,24)/t11-,12-/m1/s1. The second kappa shape index (κ2) is 7.06. The molecule has 2 amide bonds. The predicted molar refractivity (Wildman–Crippen MR) is 93.5 cm³/mol. The van der Waals surface area contributed by atoms with Crippen LogP contribution in [0.4, 0.5) is 0 Å². The number of H-pyrrole nitrogens is 1. The van der Waals surface area contributed by atoms with Gasteiger partial charge in [0.25, 0.3) is 5.91 Å². The maximum absolute atomic E-state index is 12.4. The molecule has 7 heteroatoms. The van der Waals surface area contributed by atoms with Crippen molar-refractivity contribution in [3.05, 3.63) is 46.2 Å². The van der Waals surface area contributed by atoms with Gasteiger partial charge >= 0.3 is 0 Å². The van der Waals surface area contributed by atoms with Crippen molar-refractivity contribution in [3.8, 4) is 0 Å². The number of fused-ring (bicyclic) bond motifs is 1. The molecule has 0 bridgehead atoms. The van der Waals surface area contributed by atoms with Gasteiger partial charge in [0.15, 0.2) is 0 Å². The molecule has 1 aromatic carbocycles. The molecule has 1 aliphatic heterocycles. The van der Waals surface area contributed by atoms with Gasteiger partial charge in [-0.1, -0.05) is 12.1 Å². The lowest BCUT2D eigenvalue weighted by Gasteiger charge is -2.35. The molecule has 0 spiro atoms. The van der Waals surface area contributed by atoms with E-state index in [2.05, 4.69) is 10.3 Å². The summed E-state index contributed by atoms with van der Waals surface area (Å²) in [5, 5.41) is 2.98. The molecule has 2 aromatic rings. The SMILES string of the molecule is C[C@@H]1CN(C(=O)CNC(=O)c2c[nH]c3ccccc3c2=O)C[C@@H](C)O1. The zero-order chi connectivity index (χ0) is 18.0. The van der Waals surface area contributed by atoms with Crippen molar-refractivity contribution in [2.24, 2.45) is 0 Å². The highest BCUT2D eigenvalue weighted by Gasteiger charge is 2.26. The van der Waals surface area contributed by atoms with Crippen molar-refractivity contribution in [1.29, 1.82) is 0 Å². The van der Waals surface area contributed by atoms with Gasteiger partial charge in [0, 0.05) is 30.2 Å². The highest BCUT2D eigenvalue weighted by atomic mass is 16.5. The average Bonchev–Trinajstić information content (AvgIpc) is 2.59. The fourth-order valence-electron chi connectivity index (χ4n) is 3.08. The number of nitrogens with zero attached hydrogens (tertiary/aromatic N) is 1. The number of rotatable bonds is 3. The van der Waals surface area contributed by atoms with E-state index in [0.717, 1.165) is 0 Å². The Morgan fingerprint density at radius 1 is 1.24 bits per heavy atom. The fraction of sp³-hybridized carbons (Fsp3) is 0.389. The molecule has 132 valence electrons. The minimum Gasteiger partial charge on any atom is -0.372 e. The molecule has 2 N–H and O–H groups in total. The Labute approximate surface area is 145 Å². The molecule has 2 heterocycles. The Morgan fingerprint density at radius 3 is 2.64 bits per heavy atom. The second-order valence-electron chi connectivity index (χ2n) is 6.32. The summed E-state index contributed by atoms with van der Waals surface area (Å²) in [5.74, 6) is -0.748. The van der Waals surface area contributed by atoms with Crippen LogP contribution in [0.25, 0.3) is 10.9 Å². The Kier molecular flexibility index (Phi) is 4.85. The van der Waals surface area contributed by atoms with E-state index in [9.17, 15) is 14.4 Å².